The molecule has 1 fully saturated rings. The highest BCUT2D eigenvalue weighted by atomic mass is 35.5. The van der Waals surface area contributed by atoms with Crippen molar-refractivity contribution in [1.29, 1.82) is 0 Å². The van der Waals surface area contributed by atoms with Gasteiger partial charge in [0, 0.05) is 18.2 Å². The first-order valence-electron chi connectivity index (χ1n) is 8.42. The summed E-state index contributed by atoms with van der Waals surface area (Å²) in [6.07, 6.45) is 1.62. The van der Waals surface area contributed by atoms with Crippen molar-refractivity contribution >= 4 is 28.5 Å². The van der Waals surface area contributed by atoms with Gasteiger partial charge >= 0.3 is 0 Å². The van der Waals surface area contributed by atoms with Crippen LogP contribution in [0.15, 0.2) is 30.7 Å². The fraction of sp³-hybridized carbons (Fsp3) is 0.333. The Kier molecular flexibility index (Phi) is 4.65. The minimum atomic E-state index is -0.777. The van der Waals surface area contributed by atoms with Crippen LogP contribution in [0.4, 0.5) is 5.82 Å². The molecule has 0 aliphatic carbocycles. The van der Waals surface area contributed by atoms with Crippen molar-refractivity contribution in [3.63, 3.8) is 0 Å². The first-order chi connectivity index (χ1) is 13.0. The van der Waals surface area contributed by atoms with E-state index in [2.05, 4.69) is 9.97 Å². The van der Waals surface area contributed by atoms with Gasteiger partial charge in [0.15, 0.2) is 6.23 Å². The molecule has 9 heteroatoms. The fourth-order valence-corrected chi connectivity index (χ4v) is 3.71. The van der Waals surface area contributed by atoms with Crippen molar-refractivity contribution in [3.05, 3.63) is 35.7 Å². The Bertz CT molecular complexity index is 993. The van der Waals surface area contributed by atoms with Gasteiger partial charge in [0.25, 0.3) is 0 Å². The average molecular weight is 391 g/mol. The number of rotatable bonds is 4. The van der Waals surface area contributed by atoms with E-state index in [1.165, 1.54) is 6.33 Å². The smallest absolute Gasteiger partial charge is 0.161 e. The lowest BCUT2D eigenvalue weighted by Crippen LogP contribution is -2.19. The number of nitrogens with two attached hydrogens (primary N) is 1. The van der Waals surface area contributed by atoms with Crippen LogP contribution in [-0.4, -0.2) is 50.7 Å². The van der Waals surface area contributed by atoms with Crippen molar-refractivity contribution in [2.45, 2.75) is 24.9 Å². The van der Waals surface area contributed by atoms with E-state index in [0.29, 0.717) is 34.0 Å². The van der Waals surface area contributed by atoms with Crippen molar-refractivity contribution in [1.82, 2.24) is 14.5 Å². The van der Waals surface area contributed by atoms with Gasteiger partial charge in [0.2, 0.25) is 0 Å². The molecule has 0 spiro atoms. The Morgan fingerprint density at radius 1 is 1.41 bits per heavy atom. The summed E-state index contributed by atoms with van der Waals surface area (Å²) in [7, 11) is 1.55. The lowest BCUT2D eigenvalue weighted by atomic mass is 10.1. The number of aliphatic hydroxyl groups is 2. The predicted octanol–water partition coefficient (Wildman–Crippen LogP) is 1.98. The van der Waals surface area contributed by atoms with Crippen LogP contribution >= 0.6 is 11.6 Å². The van der Waals surface area contributed by atoms with Crippen LogP contribution in [0.1, 0.15) is 12.6 Å². The van der Waals surface area contributed by atoms with E-state index in [9.17, 15) is 10.2 Å². The lowest BCUT2D eigenvalue weighted by molar-refractivity contribution is -0.0483. The molecule has 0 amide bonds. The molecule has 0 bridgehead atoms. The number of halogens is 1. The maximum absolute atomic E-state index is 10.4. The maximum Gasteiger partial charge on any atom is 0.161 e. The number of nitrogen functional groups attached to an aromatic ring is 1. The summed E-state index contributed by atoms with van der Waals surface area (Å²) >= 11 is 6.28. The van der Waals surface area contributed by atoms with Gasteiger partial charge in [-0.05, 0) is 17.7 Å². The Balaban J connectivity index is 1.88. The second-order valence-electron chi connectivity index (χ2n) is 6.39. The van der Waals surface area contributed by atoms with E-state index >= 15 is 0 Å². The Morgan fingerprint density at radius 2 is 2.22 bits per heavy atom. The second kappa shape index (κ2) is 6.97. The summed E-state index contributed by atoms with van der Waals surface area (Å²) < 4.78 is 12.7. The molecule has 0 unspecified atom stereocenters. The number of aromatic nitrogens is 3. The molecule has 8 nitrogen and oxygen atoms in total. The molecule has 142 valence electrons. The molecule has 1 aliphatic heterocycles. The van der Waals surface area contributed by atoms with Crippen LogP contribution in [0.2, 0.25) is 5.02 Å². The average Bonchev–Trinajstić information content (AvgIpc) is 3.23. The Labute approximate surface area is 160 Å². The van der Waals surface area contributed by atoms with Crippen molar-refractivity contribution < 1.29 is 19.7 Å². The third-order valence-electron chi connectivity index (χ3n) is 4.74. The molecule has 4 rings (SSSR count). The van der Waals surface area contributed by atoms with Crippen LogP contribution < -0.4 is 10.5 Å². The largest absolute Gasteiger partial charge is 0.495 e. The highest BCUT2D eigenvalue weighted by Crippen LogP contribution is 2.39. The van der Waals surface area contributed by atoms with Crippen molar-refractivity contribution in [2.75, 3.05) is 19.5 Å². The highest BCUT2D eigenvalue weighted by molar-refractivity contribution is 6.32. The fourth-order valence-electron chi connectivity index (χ4n) is 3.45. The molecule has 3 aromatic rings. The number of methoxy groups -OCH3 is 1. The van der Waals surface area contributed by atoms with Gasteiger partial charge in [0.05, 0.1) is 30.2 Å². The summed E-state index contributed by atoms with van der Waals surface area (Å²) in [5.41, 5.74) is 8.22. The van der Waals surface area contributed by atoms with E-state index < -0.39 is 18.4 Å². The third-order valence-corrected chi connectivity index (χ3v) is 5.04. The quantitative estimate of drug-likeness (QED) is 0.623. The zero-order valence-corrected chi connectivity index (χ0v) is 15.3. The van der Waals surface area contributed by atoms with Gasteiger partial charge in [0.1, 0.15) is 29.6 Å². The minimum absolute atomic E-state index is 0.162. The third kappa shape index (κ3) is 3.00. The number of ether oxygens (including phenoxy) is 2. The molecule has 27 heavy (non-hydrogen) atoms. The molecular weight excluding hydrogens is 372 g/mol. The first-order valence-corrected chi connectivity index (χ1v) is 8.80. The zero-order valence-electron chi connectivity index (χ0n) is 14.5. The van der Waals surface area contributed by atoms with Gasteiger partial charge in [-0.1, -0.05) is 17.7 Å². The number of hydrogen-bond acceptors (Lipinski definition) is 7. The molecule has 1 aliphatic rings. The van der Waals surface area contributed by atoms with E-state index in [1.807, 2.05) is 12.3 Å². The van der Waals surface area contributed by atoms with E-state index in [4.69, 9.17) is 26.8 Å². The standard InChI is InChI=1S/C18H19ClN4O4/c1-26-14-3-2-9(4-12(14)19)11-6-23(17-15(11)16(20)21-8-22-17)18-13(25)5-10(7-24)27-18/h2-4,6,8,10,13,18,24-25H,5,7H2,1H3,(H2,20,21,22)/t10-,13+,18+/m0/s1. The van der Waals surface area contributed by atoms with Gasteiger partial charge in [-0.2, -0.15) is 0 Å². The highest BCUT2D eigenvalue weighted by Gasteiger charge is 2.36. The molecule has 0 radical (unpaired) electrons. The topological polar surface area (TPSA) is 116 Å². The number of aliphatic hydroxyl groups excluding tert-OH is 2. The summed E-state index contributed by atoms with van der Waals surface area (Å²) in [5.74, 6) is 0.876. The van der Waals surface area contributed by atoms with Crippen LogP contribution in [0.25, 0.3) is 22.2 Å². The molecule has 1 aromatic carbocycles. The molecule has 3 heterocycles. The number of fused-ring (bicyclic) bond motifs is 1. The molecule has 3 atom stereocenters. The molecule has 4 N–H and O–H groups in total. The van der Waals surface area contributed by atoms with Gasteiger partial charge in [-0.3, -0.25) is 0 Å². The van der Waals surface area contributed by atoms with Crippen LogP contribution in [0, 0.1) is 0 Å². The number of anilines is 1. The SMILES string of the molecule is COc1ccc(-c2cn([C@@H]3O[C@H](CO)C[C@H]3O)c3ncnc(N)c23)cc1Cl. The second-order valence-corrected chi connectivity index (χ2v) is 6.80. The Morgan fingerprint density at radius 3 is 2.89 bits per heavy atom. The van der Waals surface area contributed by atoms with Crippen LogP contribution in [-0.2, 0) is 4.74 Å². The maximum atomic E-state index is 10.4. The molecule has 0 saturated carbocycles. The van der Waals surface area contributed by atoms with Crippen molar-refractivity contribution in [2.24, 2.45) is 0 Å². The Hall–Kier alpha value is -2.39. The molecule has 2 aromatic heterocycles. The molecular formula is C18H19ClN4O4. The van der Waals surface area contributed by atoms with E-state index in [0.717, 1.165) is 11.1 Å². The minimum Gasteiger partial charge on any atom is -0.495 e. The summed E-state index contributed by atoms with van der Waals surface area (Å²) in [6, 6.07) is 5.40. The summed E-state index contributed by atoms with van der Waals surface area (Å²) in [5, 5.41) is 20.8. The lowest BCUT2D eigenvalue weighted by Gasteiger charge is -2.17. The summed E-state index contributed by atoms with van der Waals surface area (Å²) in [6.45, 7) is -0.162. The van der Waals surface area contributed by atoms with Gasteiger partial charge in [-0.25, -0.2) is 9.97 Å². The van der Waals surface area contributed by atoms with Crippen LogP contribution in [0.3, 0.4) is 0 Å². The van der Waals surface area contributed by atoms with E-state index in [1.54, 1.807) is 23.8 Å². The zero-order chi connectivity index (χ0) is 19.1. The van der Waals surface area contributed by atoms with E-state index in [-0.39, 0.29) is 6.61 Å². The number of benzene rings is 1. The van der Waals surface area contributed by atoms with Gasteiger partial charge < -0.3 is 30.0 Å². The van der Waals surface area contributed by atoms with Crippen LogP contribution in [0.5, 0.6) is 5.75 Å². The van der Waals surface area contributed by atoms with Gasteiger partial charge in [-0.15, -0.1) is 0 Å². The number of hydrogen-bond donors (Lipinski definition) is 3. The summed E-state index contributed by atoms with van der Waals surface area (Å²) in [4.78, 5) is 8.43. The van der Waals surface area contributed by atoms with Crippen molar-refractivity contribution in [3.8, 4) is 16.9 Å². The normalized spacial score (nSPS) is 22.4. The monoisotopic (exact) mass is 390 g/mol. The first kappa shape index (κ1) is 18.0. The number of nitrogens with zero attached hydrogens (tertiary/aromatic N) is 3. The predicted molar refractivity (Wildman–Crippen MR) is 101 cm³/mol. The molecule has 1 saturated heterocycles.